The van der Waals surface area contributed by atoms with E-state index >= 15 is 4.39 Å². The molecule has 1 unspecified atom stereocenters. The molecule has 4 aromatic rings. The van der Waals surface area contributed by atoms with Crippen LogP contribution in [0.5, 0.6) is 0 Å². The molecule has 2 fully saturated rings. The van der Waals surface area contributed by atoms with Crippen LogP contribution in [0.1, 0.15) is 55.7 Å². The van der Waals surface area contributed by atoms with E-state index in [-0.39, 0.29) is 50.6 Å². The number of halogens is 2. The maximum absolute atomic E-state index is 16.6. The highest BCUT2D eigenvalue weighted by Gasteiger charge is 2.35. The number of thiophene rings is 1. The van der Waals surface area contributed by atoms with Gasteiger partial charge in [0, 0.05) is 35.1 Å². The quantitative estimate of drug-likeness (QED) is 0.340. The summed E-state index contributed by atoms with van der Waals surface area (Å²) in [5.41, 5.74) is 8.13. The summed E-state index contributed by atoms with van der Waals surface area (Å²) < 4.78 is 37.2. The number of nitrogens with two attached hydrogens (primary N) is 1. The van der Waals surface area contributed by atoms with Crippen molar-refractivity contribution in [3.63, 3.8) is 0 Å². The molecule has 2 aliphatic heterocycles. The third kappa shape index (κ3) is 3.48. The van der Waals surface area contributed by atoms with Crippen LogP contribution in [0.25, 0.3) is 32.2 Å². The number of nitriles is 1. The molecular weight excluding hydrogens is 506 g/mol. The van der Waals surface area contributed by atoms with Crippen LogP contribution >= 0.6 is 11.3 Å². The van der Waals surface area contributed by atoms with E-state index in [9.17, 15) is 9.65 Å². The lowest BCUT2D eigenvalue weighted by atomic mass is 9.80. The van der Waals surface area contributed by atoms with Gasteiger partial charge in [0.05, 0.1) is 35.4 Å². The Bertz CT molecular complexity index is 1660. The first-order chi connectivity index (χ1) is 18.4. The Balaban J connectivity index is 1.43. The van der Waals surface area contributed by atoms with E-state index in [1.165, 1.54) is 19.3 Å². The van der Waals surface area contributed by atoms with Gasteiger partial charge in [0.1, 0.15) is 16.6 Å². The summed E-state index contributed by atoms with van der Waals surface area (Å²) in [6.07, 6.45) is 8.81. The van der Waals surface area contributed by atoms with Crippen molar-refractivity contribution in [2.45, 2.75) is 58.3 Å². The van der Waals surface area contributed by atoms with Gasteiger partial charge in [-0.1, -0.05) is 26.2 Å². The molecule has 1 aromatic carbocycles. The van der Waals surface area contributed by atoms with E-state index in [1.54, 1.807) is 6.20 Å². The van der Waals surface area contributed by atoms with E-state index in [0.29, 0.717) is 28.9 Å². The molecule has 3 aliphatic rings. The Morgan fingerprint density at radius 3 is 2.79 bits per heavy atom. The number of hydrogen-bond donors (Lipinski definition) is 1. The summed E-state index contributed by atoms with van der Waals surface area (Å²) in [6, 6.07) is 2.40. The standard InChI is InChI=1S/C28H26F2N6OS/c1-13-5-15(6-14-3-2-4-14)36(10-13)28-34-8-17-18-11-37-12-19(18)21(23(30)24(17)35-28)25-22-16(7-31)27(32)38-26(22)20(29)9-33-25/h8-9,13-15H,2-6,10-12,32H2,1H3/t13?,15-/m0/s1. The lowest BCUT2D eigenvalue weighted by molar-refractivity contribution is 0.135. The molecular formula is C28H26F2N6OS. The average molecular weight is 533 g/mol. The van der Waals surface area contributed by atoms with Gasteiger partial charge >= 0.3 is 0 Å². The van der Waals surface area contributed by atoms with Crippen LogP contribution in [0.4, 0.5) is 19.7 Å². The SMILES string of the molecule is CC1C[C@@H](CC2CCC2)N(c2ncc3c4c(c(-c5ncc(F)c6sc(N)c(C#N)c56)c(F)c3n2)COC4)C1. The Labute approximate surface area is 222 Å². The third-order valence-corrected chi connectivity index (χ3v) is 9.47. The van der Waals surface area contributed by atoms with Gasteiger partial charge in [0.25, 0.3) is 0 Å². The van der Waals surface area contributed by atoms with E-state index in [0.717, 1.165) is 48.4 Å². The molecule has 3 aromatic heterocycles. The van der Waals surface area contributed by atoms with Crippen molar-refractivity contribution in [1.82, 2.24) is 15.0 Å². The zero-order chi connectivity index (χ0) is 26.1. The second-order valence-corrected chi connectivity index (χ2v) is 11.9. The van der Waals surface area contributed by atoms with Crippen molar-refractivity contribution in [3.05, 3.63) is 40.7 Å². The van der Waals surface area contributed by atoms with E-state index in [1.807, 2.05) is 0 Å². The fourth-order valence-electron chi connectivity index (χ4n) is 6.41. The summed E-state index contributed by atoms with van der Waals surface area (Å²) in [5, 5.41) is 10.8. The summed E-state index contributed by atoms with van der Waals surface area (Å²) in [5.74, 6) is 0.630. The molecule has 2 N–H and O–H groups in total. The lowest BCUT2D eigenvalue weighted by Gasteiger charge is -2.32. The molecule has 1 saturated heterocycles. The fourth-order valence-corrected chi connectivity index (χ4v) is 7.33. The van der Waals surface area contributed by atoms with Gasteiger partial charge in [-0.05, 0) is 35.8 Å². The number of pyridine rings is 1. The molecule has 1 aliphatic carbocycles. The average Bonchev–Trinajstić information content (AvgIpc) is 3.59. The van der Waals surface area contributed by atoms with Gasteiger partial charge in [-0.25, -0.2) is 18.7 Å². The van der Waals surface area contributed by atoms with Gasteiger partial charge in [0.2, 0.25) is 5.95 Å². The highest BCUT2D eigenvalue weighted by molar-refractivity contribution is 7.23. The van der Waals surface area contributed by atoms with Gasteiger partial charge in [-0.15, -0.1) is 11.3 Å². The number of hydrogen-bond acceptors (Lipinski definition) is 8. The summed E-state index contributed by atoms with van der Waals surface area (Å²) in [7, 11) is 0. The normalized spacial score (nSPS) is 21.3. The molecule has 7 rings (SSSR count). The fraction of sp³-hybridized carbons (Fsp3) is 0.429. The molecule has 7 nitrogen and oxygen atoms in total. The topological polar surface area (TPSA) is 101 Å². The predicted octanol–water partition coefficient (Wildman–Crippen LogP) is 6.07. The van der Waals surface area contributed by atoms with Gasteiger partial charge in [-0.2, -0.15) is 5.26 Å². The number of nitrogen functional groups attached to an aromatic ring is 1. The molecule has 194 valence electrons. The monoisotopic (exact) mass is 532 g/mol. The molecule has 1 saturated carbocycles. The largest absolute Gasteiger partial charge is 0.389 e. The van der Waals surface area contributed by atoms with Crippen LogP contribution < -0.4 is 10.6 Å². The molecule has 2 atom stereocenters. The first-order valence-corrected chi connectivity index (χ1v) is 13.9. The molecule has 0 amide bonds. The van der Waals surface area contributed by atoms with Crippen LogP contribution in [0, 0.1) is 34.8 Å². The highest BCUT2D eigenvalue weighted by Crippen LogP contribution is 2.45. The van der Waals surface area contributed by atoms with Gasteiger partial charge in [0.15, 0.2) is 11.6 Å². The van der Waals surface area contributed by atoms with Gasteiger partial charge in [-0.3, -0.25) is 4.98 Å². The van der Waals surface area contributed by atoms with E-state index in [4.69, 9.17) is 20.4 Å². The molecule has 0 radical (unpaired) electrons. The lowest BCUT2D eigenvalue weighted by Crippen LogP contribution is -2.34. The number of aromatic nitrogens is 3. The highest BCUT2D eigenvalue weighted by atomic mass is 32.1. The Hall–Kier alpha value is -3.42. The summed E-state index contributed by atoms with van der Waals surface area (Å²) >= 11 is 0.967. The minimum atomic E-state index is -0.596. The number of nitrogens with zero attached hydrogens (tertiary/aromatic N) is 5. The molecule has 38 heavy (non-hydrogen) atoms. The van der Waals surface area contributed by atoms with Crippen LogP contribution in [-0.4, -0.2) is 27.5 Å². The van der Waals surface area contributed by atoms with Crippen molar-refractivity contribution in [2.75, 3.05) is 17.2 Å². The second-order valence-electron chi connectivity index (χ2n) is 10.9. The van der Waals surface area contributed by atoms with E-state index in [2.05, 4.69) is 22.9 Å². The Morgan fingerprint density at radius 2 is 2.03 bits per heavy atom. The summed E-state index contributed by atoms with van der Waals surface area (Å²) in [4.78, 5) is 16.0. The number of benzene rings is 1. The van der Waals surface area contributed by atoms with Crippen LogP contribution in [0.3, 0.4) is 0 Å². The number of ether oxygens (including phenoxy) is 1. The van der Waals surface area contributed by atoms with Crippen molar-refractivity contribution in [2.24, 2.45) is 11.8 Å². The molecule has 5 heterocycles. The second kappa shape index (κ2) is 8.82. The molecule has 10 heteroatoms. The third-order valence-electron chi connectivity index (χ3n) is 8.44. The van der Waals surface area contributed by atoms with Crippen molar-refractivity contribution in [1.29, 1.82) is 5.26 Å². The predicted molar refractivity (Wildman–Crippen MR) is 143 cm³/mol. The summed E-state index contributed by atoms with van der Waals surface area (Å²) in [6.45, 7) is 3.54. The van der Waals surface area contributed by atoms with Crippen molar-refractivity contribution in [3.8, 4) is 17.3 Å². The smallest absolute Gasteiger partial charge is 0.226 e. The maximum Gasteiger partial charge on any atom is 0.226 e. The van der Waals surface area contributed by atoms with Crippen molar-refractivity contribution < 1.29 is 13.5 Å². The molecule has 0 spiro atoms. The van der Waals surface area contributed by atoms with Crippen LogP contribution in [0.15, 0.2) is 12.4 Å². The Morgan fingerprint density at radius 1 is 1.21 bits per heavy atom. The molecule has 0 bridgehead atoms. The van der Waals surface area contributed by atoms with Crippen LogP contribution in [0.2, 0.25) is 0 Å². The minimum Gasteiger partial charge on any atom is -0.389 e. The maximum atomic E-state index is 16.6. The van der Waals surface area contributed by atoms with Crippen LogP contribution in [-0.2, 0) is 18.0 Å². The van der Waals surface area contributed by atoms with Crippen molar-refractivity contribution >= 4 is 43.3 Å². The van der Waals surface area contributed by atoms with Gasteiger partial charge < -0.3 is 15.4 Å². The zero-order valence-corrected chi connectivity index (χ0v) is 21.7. The first-order valence-electron chi connectivity index (χ1n) is 13.1. The Kier molecular flexibility index (Phi) is 5.49. The zero-order valence-electron chi connectivity index (χ0n) is 20.9. The first kappa shape index (κ1) is 23.7. The van der Waals surface area contributed by atoms with E-state index < -0.39 is 11.6 Å². The number of fused-ring (bicyclic) bond motifs is 4. The minimum absolute atomic E-state index is 0.104. The number of rotatable bonds is 4. The number of anilines is 2.